The summed E-state index contributed by atoms with van der Waals surface area (Å²) in [4.78, 5) is 7.15. The molecule has 0 unspecified atom stereocenters. The second kappa shape index (κ2) is 13.0. The summed E-state index contributed by atoms with van der Waals surface area (Å²) >= 11 is 0. The van der Waals surface area contributed by atoms with E-state index in [0.717, 1.165) is 89.9 Å². The van der Waals surface area contributed by atoms with E-state index < -0.39 is 0 Å². The lowest BCUT2D eigenvalue weighted by atomic mass is 9.76. The van der Waals surface area contributed by atoms with Gasteiger partial charge in [-0.3, -0.25) is 0 Å². The smallest absolute Gasteiger partial charge is 0.223 e. The van der Waals surface area contributed by atoms with Crippen molar-refractivity contribution in [1.82, 2.24) is 0 Å². The number of fused-ring (bicyclic) bond motifs is 6. The lowest BCUT2D eigenvalue weighted by Gasteiger charge is -2.44. The SMILES string of the molecule is [C-]#[N+]CC[C@H]1CC[C@@H]2O[C@@H]3C[C@]2(C[C@H]2OC4(CCCCC4)O[C@@H]32)O1.[C-]#[N+][C@H](C)C[C@H]1CC[C@@H]2O[C@@H]3C[C@]2(C[C@H]2OC4(CCCCC4)O[C@@H]32)O1. The van der Waals surface area contributed by atoms with Gasteiger partial charge < -0.3 is 47.6 Å². The fourth-order valence-corrected chi connectivity index (χ4v) is 11.7. The van der Waals surface area contributed by atoms with Crippen LogP contribution in [0.1, 0.15) is 135 Å². The highest BCUT2D eigenvalue weighted by Crippen LogP contribution is 2.57. The Kier molecular flexibility index (Phi) is 8.85. The van der Waals surface area contributed by atoms with Crippen LogP contribution in [0, 0.1) is 13.1 Å². The van der Waals surface area contributed by atoms with Crippen LogP contribution in [0.3, 0.4) is 0 Å². The molecule has 4 aliphatic carbocycles. The number of hydrogen-bond acceptors (Lipinski definition) is 8. The van der Waals surface area contributed by atoms with Crippen LogP contribution in [-0.4, -0.2) is 96.4 Å². The van der Waals surface area contributed by atoms with Gasteiger partial charge in [-0.15, -0.1) is 0 Å². The van der Waals surface area contributed by atoms with Gasteiger partial charge in [-0.1, -0.05) is 12.8 Å². The summed E-state index contributed by atoms with van der Waals surface area (Å²) in [6.45, 7) is 16.8. The van der Waals surface area contributed by atoms with Gasteiger partial charge in [0, 0.05) is 71.1 Å². The van der Waals surface area contributed by atoms with Gasteiger partial charge in [-0.05, 0) is 51.4 Å². The molecule has 4 bridgehead atoms. The van der Waals surface area contributed by atoms with Crippen LogP contribution >= 0.6 is 0 Å². The van der Waals surface area contributed by atoms with Gasteiger partial charge in [-0.2, -0.15) is 0 Å². The van der Waals surface area contributed by atoms with E-state index in [0.29, 0.717) is 6.54 Å². The molecule has 0 N–H and O–H groups in total. The molecule has 6 heterocycles. The summed E-state index contributed by atoms with van der Waals surface area (Å²) in [6.07, 6.45) is 22.3. The van der Waals surface area contributed by atoms with E-state index in [-0.39, 0.29) is 89.9 Å². The Morgan fingerprint density at radius 1 is 0.592 bits per heavy atom. The molecule has 10 heteroatoms. The Labute approximate surface area is 292 Å². The lowest BCUT2D eigenvalue weighted by Crippen LogP contribution is -2.53. The predicted octanol–water partition coefficient (Wildman–Crippen LogP) is 6.83. The summed E-state index contributed by atoms with van der Waals surface area (Å²) in [5.41, 5.74) is -0.402. The molecule has 10 aliphatic rings. The van der Waals surface area contributed by atoms with Crippen molar-refractivity contribution in [3.05, 3.63) is 22.8 Å². The first-order chi connectivity index (χ1) is 23.8. The normalized spacial score (nSPS) is 48.6. The Morgan fingerprint density at radius 3 is 1.59 bits per heavy atom. The highest BCUT2D eigenvalue weighted by molar-refractivity contribution is 5.14. The average molecular weight is 681 g/mol. The zero-order valence-corrected chi connectivity index (χ0v) is 29.4. The monoisotopic (exact) mass is 680 g/mol. The molecular formula is C39H56N2O8. The maximum Gasteiger partial charge on any atom is 0.223 e. The predicted molar refractivity (Wildman–Crippen MR) is 177 cm³/mol. The fraction of sp³-hybridized carbons (Fsp3) is 0.949. The first-order valence-electron chi connectivity index (χ1n) is 19.9. The number of hydrogen-bond donors (Lipinski definition) is 0. The molecule has 0 aromatic heterocycles. The van der Waals surface area contributed by atoms with Crippen LogP contribution in [-0.2, 0) is 37.9 Å². The Hall–Kier alpha value is -1.34. The number of nitrogens with zero attached hydrogens (tertiary/aromatic N) is 2. The molecule has 4 spiro atoms. The molecule has 4 saturated carbocycles. The van der Waals surface area contributed by atoms with E-state index in [1.807, 2.05) is 6.92 Å². The number of rotatable bonds is 4. The van der Waals surface area contributed by atoms with Crippen molar-refractivity contribution >= 4 is 0 Å². The standard InChI is InChI=1S/C20H29NO4.C19H27NO4/c1-13(21-2)10-14-6-7-17-19(23-14)11-15(22-17)18-16(12-19)24-20(25-18)8-4-3-5-9-20;1-20-10-7-13-5-6-16-18(22-13)11-14(21-16)17-15(12-18)23-19(24-17)8-3-2-4-9-19/h13-18H,3-12H2,1H3;13-17H,2-12H2/t13-,14-,15-,16-,17+,18+,19-;13-,14-,15-,16+,17+,18-/m11/s1. The molecule has 49 heavy (non-hydrogen) atoms. The molecule has 10 rings (SSSR count). The van der Waals surface area contributed by atoms with Crippen molar-refractivity contribution in [2.75, 3.05) is 6.54 Å². The third-order valence-corrected chi connectivity index (χ3v) is 13.9. The van der Waals surface area contributed by atoms with Gasteiger partial charge in [0.15, 0.2) is 11.6 Å². The molecule has 0 amide bonds. The van der Waals surface area contributed by atoms with Crippen LogP contribution in [0.2, 0.25) is 0 Å². The molecule has 6 saturated heterocycles. The second-order valence-corrected chi connectivity index (χ2v) is 17.2. The molecule has 270 valence electrons. The van der Waals surface area contributed by atoms with Crippen molar-refractivity contribution in [2.45, 2.75) is 225 Å². The Morgan fingerprint density at radius 2 is 1.08 bits per heavy atom. The molecule has 10 fully saturated rings. The van der Waals surface area contributed by atoms with Gasteiger partial charge in [0.2, 0.25) is 12.6 Å². The van der Waals surface area contributed by atoms with E-state index in [9.17, 15) is 0 Å². The van der Waals surface area contributed by atoms with Gasteiger partial charge in [0.1, 0.15) is 12.2 Å². The minimum Gasteiger partial charge on any atom is -0.369 e. The minimum atomic E-state index is -0.347. The number of ether oxygens (including phenoxy) is 8. The van der Waals surface area contributed by atoms with Crippen LogP contribution in [0.5, 0.6) is 0 Å². The molecule has 13 atom stereocenters. The second-order valence-electron chi connectivity index (χ2n) is 17.2. The van der Waals surface area contributed by atoms with E-state index in [1.165, 1.54) is 38.5 Å². The summed E-state index contributed by atoms with van der Waals surface area (Å²) in [7, 11) is 0. The highest BCUT2D eigenvalue weighted by atomic mass is 16.8. The Balaban J connectivity index is 0.000000133. The van der Waals surface area contributed by atoms with Crippen LogP contribution in [0.4, 0.5) is 0 Å². The highest BCUT2D eigenvalue weighted by Gasteiger charge is 2.67. The first-order valence-corrected chi connectivity index (χ1v) is 19.9. The van der Waals surface area contributed by atoms with E-state index in [4.69, 9.17) is 51.0 Å². The van der Waals surface area contributed by atoms with E-state index in [2.05, 4.69) is 9.69 Å². The molecule has 0 radical (unpaired) electrons. The molecule has 0 aromatic carbocycles. The third kappa shape index (κ3) is 5.99. The summed E-state index contributed by atoms with van der Waals surface area (Å²) in [5, 5.41) is 0. The van der Waals surface area contributed by atoms with Crippen molar-refractivity contribution < 1.29 is 37.9 Å². The van der Waals surface area contributed by atoms with Gasteiger partial charge in [-0.25, -0.2) is 13.1 Å². The summed E-state index contributed by atoms with van der Waals surface area (Å²) < 4.78 is 52.0. The van der Waals surface area contributed by atoms with Crippen molar-refractivity contribution in [3.8, 4) is 0 Å². The van der Waals surface area contributed by atoms with Gasteiger partial charge in [0.05, 0.1) is 60.0 Å². The van der Waals surface area contributed by atoms with Crippen molar-refractivity contribution in [3.63, 3.8) is 0 Å². The Bertz CT molecular complexity index is 1300. The van der Waals surface area contributed by atoms with Crippen LogP contribution in [0.15, 0.2) is 0 Å². The summed E-state index contributed by atoms with van der Waals surface area (Å²) in [6, 6.07) is 0.0315. The lowest BCUT2D eigenvalue weighted by molar-refractivity contribution is -0.216. The van der Waals surface area contributed by atoms with Gasteiger partial charge >= 0.3 is 0 Å². The van der Waals surface area contributed by atoms with E-state index in [1.54, 1.807) is 0 Å². The summed E-state index contributed by atoms with van der Waals surface area (Å²) in [5.74, 6) is -0.689. The zero-order chi connectivity index (χ0) is 33.3. The molecule has 10 nitrogen and oxygen atoms in total. The molecule has 6 aliphatic heterocycles. The largest absolute Gasteiger partial charge is 0.369 e. The first kappa shape index (κ1) is 33.5. The third-order valence-electron chi connectivity index (χ3n) is 13.9. The topological polar surface area (TPSA) is 82.6 Å². The molecular weight excluding hydrogens is 624 g/mol. The zero-order valence-electron chi connectivity index (χ0n) is 29.4. The van der Waals surface area contributed by atoms with Gasteiger partial charge in [0.25, 0.3) is 0 Å². The molecule has 0 aromatic rings. The van der Waals surface area contributed by atoms with Crippen LogP contribution in [0.25, 0.3) is 9.69 Å². The minimum absolute atomic E-state index is 0.0315. The quantitative estimate of drug-likeness (QED) is 0.299. The average Bonchev–Trinajstić information content (AvgIpc) is 3.82. The van der Waals surface area contributed by atoms with E-state index >= 15 is 0 Å². The fourth-order valence-electron chi connectivity index (χ4n) is 11.7. The maximum absolute atomic E-state index is 7.23. The van der Waals surface area contributed by atoms with Crippen molar-refractivity contribution in [2.24, 2.45) is 0 Å². The maximum atomic E-state index is 7.23. The van der Waals surface area contributed by atoms with Crippen LogP contribution < -0.4 is 0 Å². The van der Waals surface area contributed by atoms with Crippen molar-refractivity contribution in [1.29, 1.82) is 0 Å².